The van der Waals surface area contributed by atoms with E-state index in [9.17, 15) is 4.79 Å². The molecule has 0 amide bonds. The fourth-order valence-corrected chi connectivity index (χ4v) is 1.60. The molecule has 90 valence electrons. The number of ether oxygens (including phenoxy) is 1. The van der Waals surface area contributed by atoms with Gasteiger partial charge in [0.1, 0.15) is 5.52 Å². The molecule has 0 atom stereocenters. The largest absolute Gasteiger partial charge is 0.461 e. The standard InChI is InChI=1S/C11H14N4O2/c1-4-15-10-8(6-12-15)14-9(7(3)13-10)11(16)17-5-2/h6H,4-5H2,1-3H3. The Kier molecular flexibility index (Phi) is 3.03. The van der Waals surface area contributed by atoms with Gasteiger partial charge in [-0.1, -0.05) is 0 Å². The highest BCUT2D eigenvalue weighted by atomic mass is 16.5. The molecule has 2 rings (SSSR count). The number of esters is 1. The van der Waals surface area contributed by atoms with E-state index in [0.29, 0.717) is 23.5 Å². The highest BCUT2D eigenvalue weighted by molar-refractivity contribution is 5.90. The molecule has 0 fully saturated rings. The van der Waals surface area contributed by atoms with Gasteiger partial charge in [-0.15, -0.1) is 0 Å². The van der Waals surface area contributed by atoms with Gasteiger partial charge in [-0.05, 0) is 20.8 Å². The molecule has 17 heavy (non-hydrogen) atoms. The predicted molar refractivity (Wildman–Crippen MR) is 61.7 cm³/mol. The Bertz CT molecular complexity index is 562. The van der Waals surface area contributed by atoms with Gasteiger partial charge in [0.05, 0.1) is 18.5 Å². The summed E-state index contributed by atoms with van der Waals surface area (Å²) < 4.78 is 6.66. The van der Waals surface area contributed by atoms with Crippen molar-refractivity contribution in [2.75, 3.05) is 6.61 Å². The van der Waals surface area contributed by atoms with E-state index >= 15 is 0 Å². The maximum absolute atomic E-state index is 11.6. The quantitative estimate of drug-likeness (QED) is 0.749. The molecular weight excluding hydrogens is 220 g/mol. The summed E-state index contributed by atoms with van der Waals surface area (Å²) in [5.74, 6) is -0.441. The number of nitrogens with zero attached hydrogens (tertiary/aromatic N) is 4. The lowest BCUT2D eigenvalue weighted by molar-refractivity contribution is 0.0518. The molecule has 0 saturated carbocycles. The average molecular weight is 234 g/mol. The third-order valence-electron chi connectivity index (χ3n) is 2.41. The van der Waals surface area contributed by atoms with E-state index in [1.807, 2.05) is 6.92 Å². The van der Waals surface area contributed by atoms with Gasteiger partial charge in [-0.3, -0.25) is 0 Å². The molecule has 0 bridgehead atoms. The van der Waals surface area contributed by atoms with Crippen molar-refractivity contribution in [3.8, 4) is 0 Å². The summed E-state index contributed by atoms with van der Waals surface area (Å²) >= 11 is 0. The van der Waals surface area contributed by atoms with Crippen LogP contribution in [-0.4, -0.2) is 32.3 Å². The molecule has 0 unspecified atom stereocenters. The number of carbonyl (C=O) groups excluding carboxylic acids is 1. The van der Waals surface area contributed by atoms with Crippen LogP contribution in [0.5, 0.6) is 0 Å². The van der Waals surface area contributed by atoms with Crippen molar-refractivity contribution in [1.82, 2.24) is 19.7 Å². The van der Waals surface area contributed by atoms with Gasteiger partial charge in [0.2, 0.25) is 0 Å². The smallest absolute Gasteiger partial charge is 0.358 e. The molecule has 2 aromatic heterocycles. The van der Waals surface area contributed by atoms with E-state index in [-0.39, 0.29) is 5.69 Å². The molecule has 0 aromatic carbocycles. The zero-order valence-corrected chi connectivity index (χ0v) is 10.1. The molecular formula is C11H14N4O2. The highest BCUT2D eigenvalue weighted by Crippen LogP contribution is 2.13. The van der Waals surface area contributed by atoms with E-state index < -0.39 is 5.97 Å². The SMILES string of the molecule is CCOC(=O)c1nc2cnn(CC)c2nc1C. The molecule has 6 heteroatoms. The summed E-state index contributed by atoms with van der Waals surface area (Å²) in [6.07, 6.45) is 1.61. The van der Waals surface area contributed by atoms with Gasteiger partial charge in [0, 0.05) is 6.54 Å². The lowest BCUT2D eigenvalue weighted by Gasteiger charge is -2.04. The van der Waals surface area contributed by atoms with Crippen LogP contribution in [0.4, 0.5) is 0 Å². The van der Waals surface area contributed by atoms with Crippen molar-refractivity contribution in [3.05, 3.63) is 17.6 Å². The molecule has 2 aromatic rings. The number of fused-ring (bicyclic) bond motifs is 1. The summed E-state index contributed by atoms with van der Waals surface area (Å²) in [6, 6.07) is 0. The van der Waals surface area contributed by atoms with Crippen LogP contribution in [0.2, 0.25) is 0 Å². The lowest BCUT2D eigenvalue weighted by atomic mass is 10.3. The fraction of sp³-hybridized carbons (Fsp3) is 0.455. The van der Waals surface area contributed by atoms with Crippen molar-refractivity contribution in [1.29, 1.82) is 0 Å². The minimum absolute atomic E-state index is 0.259. The average Bonchev–Trinajstić information content (AvgIpc) is 2.70. The van der Waals surface area contributed by atoms with Crippen LogP contribution in [0.15, 0.2) is 6.20 Å². The molecule has 0 aliphatic carbocycles. The maximum Gasteiger partial charge on any atom is 0.358 e. The van der Waals surface area contributed by atoms with E-state index in [4.69, 9.17) is 4.74 Å². The Balaban J connectivity index is 2.53. The Morgan fingerprint density at radius 3 is 2.82 bits per heavy atom. The first kappa shape index (κ1) is 11.5. The zero-order chi connectivity index (χ0) is 12.4. The number of rotatable bonds is 3. The number of hydrogen-bond donors (Lipinski definition) is 0. The molecule has 0 aliphatic rings. The molecule has 0 saturated heterocycles. The minimum atomic E-state index is -0.441. The second kappa shape index (κ2) is 4.48. The van der Waals surface area contributed by atoms with Crippen LogP contribution >= 0.6 is 0 Å². The second-order valence-electron chi connectivity index (χ2n) is 3.55. The van der Waals surface area contributed by atoms with Crippen LogP contribution in [0.1, 0.15) is 30.0 Å². The van der Waals surface area contributed by atoms with E-state index in [1.54, 1.807) is 24.7 Å². The third kappa shape index (κ3) is 1.98. The normalized spacial score (nSPS) is 10.8. The summed E-state index contributed by atoms with van der Waals surface area (Å²) in [5, 5.41) is 4.14. The first-order valence-corrected chi connectivity index (χ1v) is 5.54. The first-order chi connectivity index (χ1) is 8.17. The second-order valence-corrected chi connectivity index (χ2v) is 3.55. The zero-order valence-electron chi connectivity index (χ0n) is 10.1. The third-order valence-corrected chi connectivity index (χ3v) is 2.41. The number of carbonyl (C=O) groups is 1. The Hall–Kier alpha value is -1.98. The lowest BCUT2D eigenvalue weighted by Crippen LogP contribution is -2.11. The summed E-state index contributed by atoms with van der Waals surface area (Å²) in [7, 11) is 0. The van der Waals surface area contributed by atoms with Crippen LogP contribution in [0.3, 0.4) is 0 Å². The van der Waals surface area contributed by atoms with E-state index in [2.05, 4.69) is 15.1 Å². The van der Waals surface area contributed by atoms with Crippen molar-refractivity contribution in [2.45, 2.75) is 27.3 Å². The van der Waals surface area contributed by atoms with E-state index in [1.165, 1.54) is 0 Å². The maximum atomic E-state index is 11.6. The van der Waals surface area contributed by atoms with Crippen LogP contribution in [0.25, 0.3) is 11.2 Å². The van der Waals surface area contributed by atoms with Crippen LogP contribution < -0.4 is 0 Å². The van der Waals surface area contributed by atoms with Crippen molar-refractivity contribution in [2.24, 2.45) is 0 Å². The van der Waals surface area contributed by atoms with Crippen molar-refractivity contribution in [3.63, 3.8) is 0 Å². The fourth-order valence-electron chi connectivity index (χ4n) is 1.60. The van der Waals surface area contributed by atoms with Crippen molar-refractivity contribution >= 4 is 17.1 Å². The van der Waals surface area contributed by atoms with Gasteiger partial charge >= 0.3 is 5.97 Å². The minimum Gasteiger partial charge on any atom is -0.461 e. The monoisotopic (exact) mass is 234 g/mol. The van der Waals surface area contributed by atoms with Crippen LogP contribution in [-0.2, 0) is 11.3 Å². The van der Waals surface area contributed by atoms with Gasteiger partial charge in [-0.25, -0.2) is 19.4 Å². The van der Waals surface area contributed by atoms with Gasteiger partial charge in [0.25, 0.3) is 0 Å². The topological polar surface area (TPSA) is 69.9 Å². The van der Waals surface area contributed by atoms with Crippen LogP contribution in [0, 0.1) is 6.92 Å². The molecule has 0 aliphatic heterocycles. The number of aryl methyl sites for hydroxylation is 2. The number of hydrogen-bond acceptors (Lipinski definition) is 5. The predicted octanol–water partition coefficient (Wildman–Crippen LogP) is 1.33. The molecule has 0 spiro atoms. The molecule has 0 N–H and O–H groups in total. The highest BCUT2D eigenvalue weighted by Gasteiger charge is 2.16. The van der Waals surface area contributed by atoms with Crippen molar-refractivity contribution < 1.29 is 9.53 Å². The summed E-state index contributed by atoms with van der Waals surface area (Å²) in [4.78, 5) is 20.2. The molecule has 6 nitrogen and oxygen atoms in total. The van der Waals surface area contributed by atoms with Gasteiger partial charge in [-0.2, -0.15) is 5.10 Å². The first-order valence-electron chi connectivity index (χ1n) is 5.54. The Labute approximate surface area is 98.6 Å². The molecule has 0 radical (unpaired) electrons. The van der Waals surface area contributed by atoms with Gasteiger partial charge in [0.15, 0.2) is 11.3 Å². The van der Waals surface area contributed by atoms with Gasteiger partial charge < -0.3 is 4.74 Å². The molecule has 2 heterocycles. The Morgan fingerprint density at radius 1 is 1.41 bits per heavy atom. The summed E-state index contributed by atoms with van der Waals surface area (Å²) in [5.41, 5.74) is 2.12. The number of aromatic nitrogens is 4. The summed E-state index contributed by atoms with van der Waals surface area (Å²) in [6.45, 7) is 6.52. The Morgan fingerprint density at radius 2 is 2.18 bits per heavy atom. The van der Waals surface area contributed by atoms with E-state index in [0.717, 1.165) is 6.54 Å².